The summed E-state index contributed by atoms with van der Waals surface area (Å²) < 4.78 is 5.04. The number of nitrogens with two attached hydrogens (primary N) is 1. The molecule has 1 aliphatic carbocycles. The molecule has 1 rings (SSSR count). The van der Waals surface area contributed by atoms with Gasteiger partial charge >= 0.3 is 0 Å². The highest BCUT2D eigenvalue weighted by Crippen LogP contribution is 2.37. The molecule has 2 atom stereocenters. The third-order valence-corrected chi connectivity index (χ3v) is 3.81. The van der Waals surface area contributed by atoms with Gasteiger partial charge in [0.1, 0.15) is 0 Å². The van der Waals surface area contributed by atoms with Crippen LogP contribution in [0.25, 0.3) is 0 Å². The van der Waals surface area contributed by atoms with Crippen LogP contribution < -0.4 is 5.73 Å². The lowest BCUT2D eigenvalue weighted by atomic mass is 9.88. The number of hydrogen-bond acceptors (Lipinski definition) is 4. The quantitative estimate of drug-likeness (QED) is 0.666. The summed E-state index contributed by atoms with van der Waals surface area (Å²) in [5.41, 5.74) is 5.07. The molecule has 3 N–H and O–H groups in total. The highest BCUT2D eigenvalue weighted by atomic mass is 16.5. The summed E-state index contributed by atoms with van der Waals surface area (Å²) in [6.07, 6.45) is 4.13. The largest absolute Gasteiger partial charge is 0.388 e. The second-order valence-corrected chi connectivity index (χ2v) is 4.98. The van der Waals surface area contributed by atoms with Gasteiger partial charge in [-0.2, -0.15) is 0 Å². The van der Waals surface area contributed by atoms with Gasteiger partial charge < -0.3 is 20.5 Å². The molecule has 0 amide bonds. The molecule has 0 aromatic rings. The first kappa shape index (κ1) is 13.9. The average molecular weight is 230 g/mol. The van der Waals surface area contributed by atoms with Crippen LogP contribution >= 0.6 is 0 Å². The van der Waals surface area contributed by atoms with Crippen molar-refractivity contribution in [3.63, 3.8) is 0 Å². The first-order valence-electron chi connectivity index (χ1n) is 6.22. The molecule has 96 valence electrons. The minimum Gasteiger partial charge on any atom is -0.388 e. The number of hydrogen-bond donors (Lipinski definition) is 2. The van der Waals surface area contributed by atoms with E-state index in [2.05, 4.69) is 11.9 Å². The molecule has 0 spiro atoms. The Kier molecular flexibility index (Phi) is 5.69. The molecule has 4 heteroatoms. The molecular formula is C12H26N2O2. The Balaban J connectivity index is 2.26. The van der Waals surface area contributed by atoms with E-state index >= 15 is 0 Å². The van der Waals surface area contributed by atoms with Crippen molar-refractivity contribution in [2.24, 2.45) is 11.7 Å². The van der Waals surface area contributed by atoms with Gasteiger partial charge in [-0.25, -0.2) is 0 Å². The topological polar surface area (TPSA) is 58.7 Å². The number of nitrogens with zero attached hydrogens (tertiary/aromatic N) is 1. The van der Waals surface area contributed by atoms with Crippen LogP contribution in [0.3, 0.4) is 0 Å². The lowest BCUT2D eigenvalue weighted by Crippen LogP contribution is -2.42. The van der Waals surface area contributed by atoms with E-state index in [1.165, 1.54) is 0 Å². The molecule has 1 fully saturated rings. The first-order chi connectivity index (χ1) is 7.62. The Labute approximate surface area is 98.8 Å². The normalized spacial score (nSPS) is 30.2. The fraction of sp³-hybridized carbons (Fsp3) is 1.00. The van der Waals surface area contributed by atoms with Gasteiger partial charge in [0.2, 0.25) is 0 Å². The maximum atomic E-state index is 10.3. The maximum Gasteiger partial charge on any atom is 0.0797 e. The van der Waals surface area contributed by atoms with Crippen LogP contribution in [0, 0.1) is 5.92 Å². The lowest BCUT2D eigenvalue weighted by molar-refractivity contribution is 0.00480. The van der Waals surface area contributed by atoms with Gasteiger partial charge in [0.15, 0.2) is 0 Å². The highest BCUT2D eigenvalue weighted by molar-refractivity contribution is 4.93. The fourth-order valence-corrected chi connectivity index (χ4v) is 2.54. The average Bonchev–Trinajstić information content (AvgIpc) is 2.66. The third kappa shape index (κ3) is 3.70. The van der Waals surface area contributed by atoms with Crippen LogP contribution in [0.5, 0.6) is 0 Å². The highest BCUT2D eigenvalue weighted by Gasteiger charge is 2.39. The fourth-order valence-electron chi connectivity index (χ4n) is 2.54. The molecule has 0 heterocycles. The molecule has 0 aromatic carbocycles. The number of likely N-dealkylation sites (N-methyl/N-ethyl adjacent to an activating group) is 1. The Hall–Kier alpha value is -0.160. The zero-order valence-electron chi connectivity index (χ0n) is 10.6. The van der Waals surface area contributed by atoms with Crippen LogP contribution in [-0.4, -0.2) is 56.0 Å². The maximum absolute atomic E-state index is 10.3. The van der Waals surface area contributed by atoms with E-state index in [-0.39, 0.29) is 0 Å². The predicted molar refractivity (Wildman–Crippen MR) is 65.3 cm³/mol. The van der Waals surface area contributed by atoms with E-state index in [1.807, 2.05) is 0 Å². The van der Waals surface area contributed by atoms with E-state index in [4.69, 9.17) is 10.5 Å². The van der Waals surface area contributed by atoms with Gasteiger partial charge in [0.25, 0.3) is 0 Å². The van der Waals surface area contributed by atoms with Crippen molar-refractivity contribution in [1.82, 2.24) is 4.90 Å². The summed E-state index contributed by atoms with van der Waals surface area (Å²) >= 11 is 0. The summed E-state index contributed by atoms with van der Waals surface area (Å²) in [5.74, 6) is 0.377. The summed E-state index contributed by atoms with van der Waals surface area (Å²) in [7, 11) is 3.81. The zero-order chi connectivity index (χ0) is 12.0. The van der Waals surface area contributed by atoms with Crippen LogP contribution in [-0.2, 0) is 4.74 Å². The van der Waals surface area contributed by atoms with Crippen molar-refractivity contribution in [3.05, 3.63) is 0 Å². The van der Waals surface area contributed by atoms with Gasteiger partial charge in [0.05, 0.1) is 12.2 Å². The molecule has 1 aliphatic rings. The van der Waals surface area contributed by atoms with Crippen molar-refractivity contribution in [2.75, 3.05) is 40.4 Å². The van der Waals surface area contributed by atoms with Crippen molar-refractivity contribution >= 4 is 0 Å². The third-order valence-electron chi connectivity index (χ3n) is 3.81. The van der Waals surface area contributed by atoms with Crippen LogP contribution in [0.2, 0.25) is 0 Å². The summed E-state index contributed by atoms with van der Waals surface area (Å²) in [6, 6.07) is 0. The van der Waals surface area contributed by atoms with Crippen LogP contribution in [0.4, 0.5) is 0 Å². The first-order valence-corrected chi connectivity index (χ1v) is 6.22. The number of ether oxygens (including phenoxy) is 1. The Morgan fingerprint density at radius 2 is 2.25 bits per heavy atom. The molecule has 4 nitrogen and oxygen atoms in total. The van der Waals surface area contributed by atoms with E-state index in [0.717, 1.165) is 45.4 Å². The number of rotatable bonds is 7. The van der Waals surface area contributed by atoms with Crippen molar-refractivity contribution < 1.29 is 9.84 Å². The van der Waals surface area contributed by atoms with E-state index < -0.39 is 5.60 Å². The molecule has 0 aliphatic heterocycles. The van der Waals surface area contributed by atoms with Crippen molar-refractivity contribution in [1.29, 1.82) is 0 Å². The van der Waals surface area contributed by atoms with Gasteiger partial charge in [-0.15, -0.1) is 0 Å². The Morgan fingerprint density at radius 3 is 2.88 bits per heavy atom. The molecule has 0 radical (unpaired) electrons. The molecule has 0 aromatic heterocycles. The van der Waals surface area contributed by atoms with Crippen LogP contribution in [0.15, 0.2) is 0 Å². The van der Waals surface area contributed by atoms with Gasteiger partial charge in [-0.05, 0) is 38.8 Å². The van der Waals surface area contributed by atoms with E-state index in [0.29, 0.717) is 12.5 Å². The molecule has 16 heavy (non-hydrogen) atoms. The Bertz CT molecular complexity index is 201. The smallest absolute Gasteiger partial charge is 0.0797 e. The zero-order valence-corrected chi connectivity index (χ0v) is 10.6. The van der Waals surface area contributed by atoms with E-state index in [1.54, 1.807) is 7.11 Å². The second-order valence-electron chi connectivity index (χ2n) is 4.98. The van der Waals surface area contributed by atoms with Crippen LogP contribution in [0.1, 0.15) is 25.7 Å². The standard InChI is InChI=1S/C12H26N2O2/c1-14(8-9-16-2)7-5-11-4-3-6-12(11,15)10-13/h11,15H,3-10,13H2,1-2H3. The Morgan fingerprint density at radius 1 is 1.50 bits per heavy atom. The summed E-state index contributed by atoms with van der Waals surface area (Å²) in [6.45, 7) is 3.13. The molecule has 0 bridgehead atoms. The SMILES string of the molecule is COCCN(C)CCC1CCCC1(O)CN. The van der Waals surface area contributed by atoms with E-state index in [9.17, 15) is 5.11 Å². The number of methoxy groups -OCH3 is 1. The predicted octanol–water partition coefficient (Wildman–Crippen LogP) is 0.445. The van der Waals surface area contributed by atoms with Crippen molar-refractivity contribution in [2.45, 2.75) is 31.3 Å². The monoisotopic (exact) mass is 230 g/mol. The van der Waals surface area contributed by atoms with Gasteiger partial charge in [-0.3, -0.25) is 0 Å². The van der Waals surface area contributed by atoms with Crippen molar-refractivity contribution in [3.8, 4) is 0 Å². The molecule has 0 saturated heterocycles. The van der Waals surface area contributed by atoms with Gasteiger partial charge in [-0.1, -0.05) is 6.42 Å². The second kappa shape index (κ2) is 6.55. The summed E-state index contributed by atoms with van der Waals surface area (Å²) in [5, 5.41) is 10.3. The molecular weight excluding hydrogens is 204 g/mol. The number of aliphatic hydroxyl groups is 1. The minimum absolute atomic E-state index is 0.377. The molecule has 1 saturated carbocycles. The lowest BCUT2D eigenvalue weighted by Gasteiger charge is -2.30. The summed E-state index contributed by atoms with van der Waals surface area (Å²) in [4.78, 5) is 2.25. The minimum atomic E-state index is -0.595. The molecule has 2 unspecified atom stereocenters. The van der Waals surface area contributed by atoms with Gasteiger partial charge in [0, 0.05) is 20.2 Å².